The Labute approximate surface area is 66.4 Å². The van der Waals surface area contributed by atoms with Gasteiger partial charge in [0, 0.05) is 0 Å². The minimum atomic E-state index is 0.318. The second kappa shape index (κ2) is 2.72. The molecule has 2 atom stereocenters. The zero-order valence-electron chi connectivity index (χ0n) is 6.75. The molecule has 3 nitrogen and oxygen atoms in total. The van der Waals surface area contributed by atoms with E-state index in [0.717, 1.165) is 12.8 Å². The van der Waals surface area contributed by atoms with Gasteiger partial charge in [-0.05, 0) is 19.3 Å². The Bertz CT molecular complexity index is 179. The second-order valence-electron chi connectivity index (χ2n) is 3.11. The molecule has 1 aliphatic heterocycles. The molecule has 3 heteroatoms. The van der Waals surface area contributed by atoms with Gasteiger partial charge in [0.25, 0.3) is 0 Å². The van der Waals surface area contributed by atoms with Crippen LogP contribution < -0.4 is 0 Å². The molecule has 11 heavy (non-hydrogen) atoms. The molecule has 2 unspecified atom stereocenters. The summed E-state index contributed by atoms with van der Waals surface area (Å²) >= 11 is 0. The highest BCUT2D eigenvalue weighted by Gasteiger charge is 2.33. The van der Waals surface area contributed by atoms with E-state index in [-0.39, 0.29) is 0 Å². The zero-order chi connectivity index (χ0) is 7.68. The van der Waals surface area contributed by atoms with Crippen LogP contribution in [-0.2, 0) is 9.47 Å². The third kappa shape index (κ3) is 1.19. The third-order valence-electron chi connectivity index (χ3n) is 2.37. The van der Waals surface area contributed by atoms with Crippen molar-refractivity contribution in [3.63, 3.8) is 0 Å². The summed E-state index contributed by atoms with van der Waals surface area (Å²) in [6, 6.07) is 0.388. The fourth-order valence-corrected chi connectivity index (χ4v) is 1.76. The maximum Gasteiger partial charge on any atom is 0.383 e. The van der Waals surface area contributed by atoms with E-state index in [1.54, 1.807) is 7.11 Å². The molecule has 1 fully saturated rings. The van der Waals surface area contributed by atoms with Crippen molar-refractivity contribution in [2.24, 2.45) is 4.99 Å². The molecule has 0 aromatic rings. The van der Waals surface area contributed by atoms with Gasteiger partial charge in [-0.25, -0.2) is 4.99 Å². The van der Waals surface area contributed by atoms with Gasteiger partial charge in [-0.3, -0.25) is 0 Å². The predicted octanol–water partition coefficient (Wildman–Crippen LogP) is 1.33. The van der Waals surface area contributed by atoms with Crippen LogP contribution in [0, 0.1) is 0 Å². The minimum Gasteiger partial charge on any atom is -0.454 e. The summed E-state index contributed by atoms with van der Waals surface area (Å²) in [6.07, 6.45) is 5.66. The number of methoxy groups -OCH3 is 1. The Morgan fingerprint density at radius 2 is 2.27 bits per heavy atom. The van der Waals surface area contributed by atoms with Gasteiger partial charge in [-0.1, -0.05) is 6.42 Å². The summed E-state index contributed by atoms with van der Waals surface area (Å²) < 4.78 is 10.4. The van der Waals surface area contributed by atoms with Crippen molar-refractivity contribution in [1.82, 2.24) is 0 Å². The third-order valence-corrected chi connectivity index (χ3v) is 2.37. The Hall–Kier alpha value is -0.730. The summed E-state index contributed by atoms with van der Waals surface area (Å²) in [5.41, 5.74) is 0. The average Bonchev–Trinajstić information content (AvgIpc) is 2.46. The first-order valence-electron chi connectivity index (χ1n) is 4.18. The largest absolute Gasteiger partial charge is 0.454 e. The van der Waals surface area contributed by atoms with Gasteiger partial charge in [-0.2, -0.15) is 0 Å². The first-order chi connectivity index (χ1) is 5.40. The highest BCUT2D eigenvalue weighted by molar-refractivity contribution is 5.69. The van der Waals surface area contributed by atoms with Gasteiger partial charge >= 0.3 is 6.08 Å². The van der Waals surface area contributed by atoms with Crippen LogP contribution in [0.25, 0.3) is 0 Å². The lowest BCUT2D eigenvalue weighted by Crippen LogP contribution is -2.26. The number of aliphatic imine (C=N–C) groups is 1. The lowest BCUT2D eigenvalue weighted by atomic mass is 9.94. The molecule has 1 heterocycles. The van der Waals surface area contributed by atoms with Crippen LogP contribution in [0.4, 0.5) is 0 Å². The molecule has 0 N–H and O–H groups in total. The highest BCUT2D eigenvalue weighted by Crippen LogP contribution is 2.28. The van der Waals surface area contributed by atoms with E-state index in [9.17, 15) is 0 Å². The molecule has 0 aromatic heterocycles. The topological polar surface area (TPSA) is 30.8 Å². The van der Waals surface area contributed by atoms with Crippen molar-refractivity contribution >= 4 is 6.08 Å². The molecule has 0 bridgehead atoms. The molecule has 2 aliphatic rings. The van der Waals surface area contributed by atoms with Gasteiger partial charge in [0.15, 0.2) is 0 Å². The Morgan fingerprint density at radius 1 is 1.45 bits per heavy atom. The van der Waals surface area contributed by atoms with Crippen molar-refractivity contribution in [2.75, 3.05) is 7.11 Å². The molecule has 1 aliphatic carbocycles. The molecule has 0 spiro atoms. The van der Waals surface area contributed by atoms with Gasteiger partial charge in [-0.15, -0.1) is 0 Å². The zero-order valence-corrected chi connectivity index (χ0v) is 6.75. The second-order valence-corrected chi connectivity index (χ2v) is 3.11. The standard InChI is InChI=1S/C8H13NO2/c1-10-8-9-6-4-2-3-5-7(6)11-8/h6-7H,2-5H2,1H3. The molecule has 1 saturated carbocycles. The number of ether oxygens (including phenoxy) is 2. The molecule has 2 rings (SSSR count). The Kier molecular flexibility index (Phi) is 1.72. The van der Waals surface area contributed by atoms with Crippen LogP contribution in [0.1, 0.15) is 25.7 Å². The fraction of sp³-hybridized carbons (Fsp3) is 0.875. The van der Waals surface area contributed by atoms with E-state index in [0.29, 0.717) is 18.2 Å². The number of rotatable bonds is 0. The minimum absolute atomic E-state index is 0.318. The monoisotopic (exact) mass is 155 g/mol. The van der Waals surface area contributed by atoms with Crippen LogP contribution >= 0.6 is 0 Å². The fourth-order valence-electron chi connectivity index (χ4n) is 1.76. The van der Waals surface area contributed by atoms with Crippen molar-refractivity contribution in [2.45, 2.75) is 37.8 Å². The van der Waals surface area contributed by atoms with Gasteiger partial charge in [0.2, 0.25) is 0 Å². The smallest absolute Gasteiger partial charge is 0.383 e. The Balaban J connectivity index is 2.02. The average molecular weight is 155 g/mol. The van der Waals surface area contributed by atoms with Crippen molar-refractivity contribution in [3.05, 3.63) is 0 Å². The molecule has 0 radical (unpaired) electrons. The van der Waals surface area contributed by atoms with E-state index in [4.69, 9.17) is 9.47 Å². The molecule has 0 amide bonds. The maximum absolute atomic E-state index is 5.44. The van der Waals surface area contributed by atoms with Crippen molar-refractivity contribution in [1.29, 1.82) is 0 Å². The van der Waals surface area contributed by atoms with Crippen LogP contribution in [0.5, 0.6) is 0 Å². The number of hydrogen-bond acceptors (Lipinski definition) is 3. The highest BCUT2D eigenvalue weighted by atomic mass is 16.7. The van der Waals surface area contributed by atoms with Crippen LogP contribution in [0.3, 0.4) is 0 Å². The molecular formula is C8H13NO2. The van der Waals surface area contributed by atoms with Crippen molar-refractivity contribution < 1.29 is 9.47 Å². The number of hydrogen-bond donors (Lipinski definition) is 0. The van der Waals surface area contributed by atoms with Crippen molar-refractivity contribution in [3.8, 4) is 0 Å². The summed E-state index contributed by atoms with van der Waals surface area (Å²) in [6.45, 7) is 0. The molecule has 0 saturated heterocycles. The van der Waals surface area contributed by atoms with E-state index in [1.165, 1.54) is 12.8 Å². The summed E-state index contributed by atoms with van der Waals surface area (Å²) in [4.78, 5) is 4.30. The first-order valence-corrected chi connectivity index (χ1v) is 4.18. The van der Waals surface area contributed by atoms with E-state index in [1.807, 2.05) is 0 Å². The van der Waals surface area contributed by atoms with Crippen LogP contribution in [0.15, 0.2) is 4.99 Å². The lowest BCUT2D eigenvalue weighted by molar-refractivity contribution is 0.115. The molecular weight excluding hydrogens is 142 g/mol. The summed E-state index contributed by atoms with van der Waals surface area (Å²) in [5, 5.41) is 0. The number of nitrogens with zero attached hydrogens (tertiary/aromatic N) is 1. The SMILES string of the molecule is COC1=NC2CCCCC2O1. The van der Waals surface area contributed by atoms with E-state index < -0.39 is 0 Å². The first kappa shape index (κ1) is 6.95. The van der Waals surface area contributed by atoms with E-state index >= 15 is 0 Å². The number of fused-ring (bicyclic) bond motifs is 1. The normalized spacial score (nSPS) is 35.5. The van der Waals surface area contributed by atoms with Gasteiger partial charge < -0.3 is 9.47 Å². The predicted molar refractivity (Wildman–Crippen MR) is 41.6 cm³/mol. The summed E-state index contributed by atoms with van der Waals surface area (Å²) in [5.74, 6) is 0. The quantitative estimate of drug-likeness (QED) is 0.528. The lowest BCUT2D eigenvalue weighted by Gasteiger charge is -2.21. The van der Waals surface area contributed by atoms with Crippen LogP contribution in [-0.4, -0.2) is 25.3 Å². The molecule has 62 valence electrons. The van der Waals surface area contributed by atoms with E-state index in [2.05, 4.69) is 4.99 Å². The van der Waals surface area contributed by atoms with Gasteiger partial charge in [0.1, 0.15) is 6.10 Å². The summed E-state index contributed by atoms with van der Waals surface area (Å²) in [7, 11) is 1.61. The Morgan fingerprint density at radius 3 is 3.00 bits per heavy atom. The van der Waals surface area contributed by atoms with Gasteiger partial charge in [0.05, 0.1) is 13.2 Å². The maximum atomic E-state index is 5.44. The molecule has 0 aromatic carbocycles. The van der Waals surface area contributed by atoms with Crippen LogP contribution in [0.2, 0.25) is 0 Å².